The molecular weight excluding hydrogens is 240 g/mol. The second-order valence-electron chi connectivity index (χ2n) is 5.04. The van der Waals surface area contributed by atoms with E-state index in [1.54, 1.807) is 0 Å². The van der Waals surface area contributed by atoms with Gasteiger partial charge in [-0.25, -0.2) is 0 Å². The molecule has 0 aliphatic heterocycles. The highest BCUT2D eigenvalue weighted by Crippen LogP contribution is 2.13. The molecule has 1 unspecified atom stereocenters. The van der Waals surface area contributed by atoms with Gasteiger partial charge in [-0.1, -0.05) is 12.1 Å². The Bertz CT molecular complexity index is 388. The predicted octanol–water partition coefficient (Wildman–Crippen LogP) is 1.57. The van der Waals surface area contributed by atoms with Crippen molar-refractivity contribution in [1.82, 2.24) is 5.32 Å². The van der Waals surface area contributed by atoms with E-state index < -0.39 is 0 Å². The topological polar surface area (TPSA) is 52.6 Å². The number of anilines is 1. The maximum absolute atomic E-state index is 11.7. The normalized spacial score (nSPS) is 12.0. The average molecular weight is 264 g/mol. The Balaban J connectivity index is 2.37. The molecule has 106 valence electrons. The average Bonchev–Trinajstić information content (AvgIpc) is 2.37. The van der Waals surface area contributed by atoms with Crippen LogP contribution in [0.2, 0.25) is 0 Å². The summed E-state index contributed by atoms with van der Waals surface area (Å²) in [7, 11) is 4.01. The third-order valence-electron chi connectivity index (χ3n) is 3.06. The van der Waals surface area contributed by atoms with Crippen molar-refractivity contribution >= 4 is 11.6 Å². The Kier molecular flexibility index (Phi) is 6.36. The Morgan fingerprint density at radius 3 is 2.47 bits per heavy atom. The van der Waals surface area contributed by atoms with Crippen LogP contribution in [0, 0.1) is 0 Å². The van der Waals surface area contributed by atoms with E-state index in [1.807, 2.05) is 25.9 Å². The van der Waals surface area contributed by atoms with Crippen LogP contribution in [0.5, 0.6) is 0 Å². The van der Waals surface area contributed by atoms with Crippen molar-refractivity contribution in [3.63, 3.8) is 0 Å². The molecule has 4 heteroatoms. The molecule has 1 amide bonds. The summed E-state index contributed by atoms with van der Waals surface area (Å²) in [6, 6.07) is 8.26. The summed E-state index contributed by atoms with van der Waals surface area (Å²) < 4.78 is 0. The van der Waals surface area contributed by atoms with E-state index in [9.17, 15) is 4.79 Å². The summed E-state index contributed by atoms with van der Waals surface area (Å²) in [5.74, 6) is 0.0395. The molecular formula is C15H24N2O2. The predicted molar refractivity (Wildman–Crippen MR) is 78.4 cm³/mol. The van der Waals surface area contributed by atoms with E-state index in [0.717, 1.165) is 17.7 Å². The maximum atomic E-state index is 11.7. The van der Waals surface area contributed by atoms with Gasteiger partial charge in [-0.3, -0.25) is 4.79 Å². The van der Waals surface area contributed by atoms with Gasteiger partial charge >= 0.3 is 0 Å². The van der Waals surface area contributed by atoms with Crippen molar-refractivity contribution in [2.45, 2.75) is 32.2 Å². The lowest BCUT2D eigenvalue weighted by molar-refractivity contribution is -0.121. The first-order chi connectivity index (χ1) is 9.02. The fraction of sp³-hybridized carbons (Fsp3) is 0.533. The van der Waals surface area contributed by atoms with Crippen molar-refractivity contribution in [3.05, 3.63) is 29.8 Å². The minimum absolute atomic E-state index is 0.0358. The minimum atomic E-state index is 0.0358. The summed E-state index contributed by atoms with van der Waals surface area (Å²) in [6.07, 6.45) is 1.83. The second-order valence-corrected chi connectivity index (χ2v) is 5.04. The second kappa shape index (κ2) is 7.79. The molecule has 0 aliphatic rings. The SMILES string of the molecule is CC(CCO)NC(=O)CCc1ccc(N(C)C)cc1. The molecule has 0 aliphatic carbocycles. The van der Waals surface area contributed by atoms with Crippen LogP contribution in [0.4, 0.5) is 5.69 Å². The molecule has 0 heterocycles. The van der Waals surface area contributed by atoms with Crippen LogP contribution in [0.25, 0.3) is 0 Å². The zero-order valence-electron chi connectivity index (χ0n) is 12.0. The third-order valence-corrected chi connectivity index (χ3v) is 3.06. The van der Waals surface area contributed by atoms with Gasteiger partial charge in [0.2, 0.25) is 5.91 Å². The molecule has 1 atom stereocenters. The summed E-state index contributed by atoms with van der Waals surface area (Å²) in [5, 5.41) is 11.6. The lowest BCUT2D eigenvalue weighted by Gasteiger charge is -2.13. The molecule has 1 aromatic rings. The number of nitrogens with zero attached hydrogens (tertiary/aromatic N) is 1. The summed E-state index contributed by atoms with van der Waals surface area (Å²) in [4.78, 5) is 13.7. The van der Waals surface area contributed by atoms with Gasteiger partial charge in [-0.15, -0.1) is 0 Å². The molecule has 1 aromatic carbocycles. The molecule has 0 saturated carbocycles. The van der Waals surface area contributed by atoms with Crippen molar-refractivity contribution in [3.8, 4) is 0 Å². The van der Waals surface area contributed by atoms with E-state index in [1.165, 1.54) is 0 Å². The van der Waals surface area contributed by atoms with Crippen molar-refractivity contribution in [2.75, 3.05) is 25.6 Å². The first-order valence-corrected chi connectivity index (χ1v) is 6.69. The molecule has 4 nitrogen and oxygen atoms in total. The third kappa shape index (κ3) is 5.75. The zero-order valence-corrected chi connectivity index (χ0v) is 12.0. The lowest BCUT2D eigenvalue weighted by atomic mass is 10.1. The smallest absolute Gasteiger partial charge is 0.220 e. The van der Waals surface area contributed by atoms with Crippen LogP contribution in [0.15, 0.2) is 24.3 Å². The Labute approximate surface area is 115 Å². The standard InChI is InChI=1S/C15H24N2O2/c1-12(10-11-18)16-15(19)9-6-13-4-7-14(8-5-13)17(2)3/h4-5,7-8,12,18H,6,9-11H2,1-3H3,(H,16,19). The lowest BCUT2D eigenvalue weighted by Crippen LogP contribution is -2.33. The van der Waals surface area contributed by atoms with Gasteiger partial charge in [0.1, 0.15) is 0 Å². The van der Waals surface area contributed by atoms with Crippen molar-refractivity contribution in [2.24, 2.45) is 0 Å². The van der Waals surface area contributed by atoms with Crippen molar-refractivity contribution < 1.29 is 9.90 Å². The molecule has 0 bridgehead atoms. The number of nitrogens with one attached hydrogen (secondary N) is 1. The minimum Gasteiger partial charge on any atom is -0.396 e. The van der Waals surface area contributed by atoms with Crippen LogP contribution in [0.3, 0.4) is 0 Å². The van der Waals surface area contributed by atoms with Gasteiger partial charge < -0.3 is 15.3 Å². The first-order valence-electron chi connectivity index (χ1n) is 6.69. The molecule has 0 aromatic heterocycles. The highest BCUT2D eigenvalue weighted by atomic mass is 16.3. The highest BCUT2D eigenvalue weighted by Gasteiger charge is 2.07. The number of hydrogen-bond donors (Lipinski definition) is 2. The summed E-state index contributed by atoms with van der Waals surface area (Å²) in [5.41, 5.74) is 2.32. The van der Waals surface area contributed by atoms with E-state index in [4.69, 9.17) is 5.11 Å². The number of hydrogen-bond acceptors (Lipinski definition) is 3. The van der Waals surface area contributed by atoms with Crippen LogP contribution in [0.1, 0.15) is 25.3 Å². The number of aliphatic hydroxyl groups excluding tert-OH is 1. The number of carbonyl (C=O) groups is 1. The molecule has 1 rings (SSSR count). The summed E-state index contributed by atoms with van der Waals surface area (Å²) >= 11 is 0. The number of aryl methyl sites for hydroxylation is 1. The summed E-state index contributed by atoms with van der Waals surface area (Å²) in [6.45, 7) is 2.01. The van der Waals surface area contributed by atoms with E-state index in [2.05, 4.69) is 29.6 Å². The zero-order chi connectivity index (χ0) is 14.3. The van der Waals surface area contributed by atoms with Gasteiger partial charge in [0.25, 0.3) is 0 Å². The molecule has 0 radical (unpaired) electrons. The van der Waals surface area contributed by atoms with Crippen molar-refractivity contribution in [1.29, 1.82) is 0 Å². The fourth-order valence-electron chi connectivity index (χ4n) is 1.83. The van der Waals surface area contributed by atoms with Crippen LogP contribution < -0.4 is 10.2 Å². The van der Waals surface area contributed by atoms with Crippen LogP contribution >= 0.6 is 0 Å². The highest BCUT2D eigenvalue weighted by molar-refractivity contribution is 5.76. The molecule has 19 heavy (non-hydrogen) atoms. The number of rotatable bonds is 7. The first kappa shape index (κ1) is 15.5. The molecule has 2 N–H and O–H groups in total. The largest absolute Gasteiger partial charge is 0.396 e. The molecule has 0 spiro atoms. The van der Waals surface area contributed by atoms with Gasteiger partial charge in [0.15, 0.2) is 0 Å². The monoisotopic (exact) mass is 264 g/mol. The quantitative estimate of drug-likeness (QED) is 0.786. The van der Waals surface area contributed by atoms with Crippen LogP contribution in [-0.2, 0) is 11.2 Å². The number of aliphatic hydroxyl groups is 1. The Hall–Kier alpha value is -1.55. The van der Waals surface area contributed by atoms with Gasteiger partial charge in [-0.2, -0.15) is 0 Å². The molecule has 0 saturated heterocycles. The maximum Gasteiger partial charge on any atom is 0.220 e. The fourth-order valence-corrected chi connectivity index (χ4v) is 1.83. The van der Waals surface area contributed by atoms with Crippen LogP contribution in [-0.4, -0.2) is 37.8 Å². The van der Waals surface area contributed by atoms with Gasteiger partial charge in [0, 0.05) is 38.9 Å². The van der Waals surface area contributed by atoms with E-state index >= 15 is 0 Å². The Morgan fingerprint density at radius 1 is 1.32 bits per heavy atom. The molecule has 0 fully saturated rings. The van der Waals surface area contributed by atoms with E-state index in [0.29, 0.717) is 12.8 Å². The van der Waals surface area contributed by atoms with E-state index in [-0.39, 0.29) is 18.6 Å². The van der Waals surface area contributed by atoms with Gasteiger partial charge in [0.05, 0.1) is 0 Å². The Morgan fingerprint density at radius 2 is 1.95 bits per heavy atom. The number of carbonyl (C=O) groups excluding carboxylic acids is 1. The number of benzene rings is 1. The van der Waals surface area contributed by atoms with Gasteiger partial charge in [-0.05, 0) is 37.5 Å². The number of amides is 1.